The number of nitro benzene ring substituents is 1. The number of likely N-dealkylation sites (tertiary alicyclic amines) is 1. The summed E-state index contributed by atoms with van der Waals surface area (Å²) < 4.78 is 15.8. The summed E-state index contributed by atoms with van der Waals surface area (Å²) >= 11 is 0. The fourth-order valence-electron chi connectivity index (χ4n) is 2.89. The lowest BCUT2D eigenvalue weighted by atomic mass is 10.1. The van der Waals surface area contributed by atoms with Crippen molar-refractivity contribution in [3.63, 3.8) is 0 Å². The van der Waals surface area contributed by atoms with E-state index in [1.54, 1.807) is 0 Å². The zero-order chi connectivity index (χ0) is 14.3. The first-order valence-corrected chi connectivity index (χ1v) is 6.69. The topological polar surface area (TPSA) is 51.3 Å². The number of halogens is 1. The zero-order valence-electron chi connectivity index (χ0n) is 11.3. The Morgan fingerprint density at radius 1 is 1.35 bits per heavy atom. The van der Waals surface area contributed by atoms with Gasteiger partial charge in [0.15, 0.2) is 0 Å². The molecule has 0 N–H and O–H groups in total. The van der Waals surface area contributed by atoms with Crippen LogP contribution in [-0.4, -0.2) is 34.5 Å². The molecule has 0 aliphatic carbocycles. The van der Waals surface area contributed by atoms with Crippen LogP contribution in [0.15, 0.2) is 24.4 Å². The zero-order valence-corrected chi connectivity index (χ0v) is 11.3. The Bertz CT molecular complexity index is 660. The van der Waals surface area contributed by atoms with E-state index in [0.717, 1.165) is 25.9 Å². The minimum absolute atomic E-state index is 0.00442. The van der Waals surface area contributed by atoms with Gasteiger partial charge in [-0.25, -0.2) is 4.39 Å². The normalized spacial score (nSPS) is 17.7. The Morgan fingerprint density at radius 2 is 2.05 bits per heavy atom. The largest absolute Gasteiger partial charge is 0.341 e. The number of piperidine rings is 1. The molecule has 0 spiro atoms. The van der Waals surface area contributed by atoms with Crippen LogP contribution in [0.5, 0.6) is 0 Å². The molecule has 0 radical (unpaired) electrons. The van der Waals surface area contributed by atoms with Gasteiger partial charge in [0.1, 0.15) is 5.82 Å². The highest BCUT2D eigenvalue weighted by Crippen LogP contribution is 2.31. The molecule has 0 amide bonds. The molecular formula is C14H16FN3O2. The second-order valence-electron chi connectivity index (χ2n) is 5.38. The van der Waals surface area contributed by atoms with Gasteiger partial charge in [0.2, 0.25) is 0 Å². The van der Waals surface area contributed by atoms with Crippen LogP contribution in [0.1, 0.15) is 18.9 Å². The van der Waals surface area contributed by atoms with Crippen molar-refractivity contribution in [2.45, 2.75) is 18.9 Å². The van der Waals surface area contributed by atoms with Crippen molar-refractivity contribution in [1.82, 2.24) is 9.47 Å². The van der Waals surface area contributed by atoms with Gasteiger partial charge in [-0.1, -0.05) is 0 Å². The van der Waals surface area contributed by atoms with Gasteiger partial charge in [0.05, 0.1) is 10.4 Å². The van der Waals surface area contributed by atoms with Gasteiger partial charge in [0.25, 0.3) is 5.69 Å². The van der Waals surface area contributed by atoms with Crippen molar-refractivity contribution in [3.8, 4) is 0 Å². The van der Waals surface area contributed by atoms with Crippen LogP contribution in [0.2, 0.25) is 0 Å². The molecule has 1 aliphatic heterocycles. The average molecular weight is 277 g/mol. The van der Waals surface area contributed by atoms with Crippen molar-refractivity contribution >= 4 is 16.6 Å². The molecule has 5 nitrogen and oxygen atoms in total. The molecule has 1 fully saturated rings. The van der Waals surface area contributed by atoms with Crippen LogP contribution < -0.4 is 0 Å². The Labute approximate surface area is 115 Å². The molecule has 0 atom stereocenters. The predicted octanol–water partition coefficient (Wildman–Crippen LogP) is 2.96. The van der Waals surface area contributed by atoms with Crippen LogP contribution in [0.3, 0.4) is 0 Å². The Balaban J connectivity index is 2.05. The number of rotatable bonds is 2. The molecule has 2 heterocycles. The lowest BCUT2D eigenvalue weighted by Gasteiger charge is -2.30. The number of benzene rings is 1. The number of non-ortho nitro benzene ring substituents is 1. The fourth-order valence-corrected chi connectivity index (χ4v) is 2.89. The Morgan fingerprint density at radius 3 is 2.70 bits per heavy atom. The van der Waals surface area contributed by atoms with E-state index in [2.05, 4.69) is 11.9 Å². The van der Waals surface area contributed by atoms with E-state index in [-0.39, 0.29) is 17.5 Å². The summed E-state index contributed by atoms with van der Waals surface area (Å²) in [7, 11) is 2.06. The van der Waals surface area contributed by atoms with Gasteiger partial charge in [-0.2, -0.15) is 0 Å². The first-order valence-electron chi connectivity index (χ1n) is 6.69. The maximum Gasteiger partial charge on any atom is 0.271 e. The van der Waals surface area contributed by atoms with Crippen LogP contribution in [0.25, 0.3) is 10.9 Å². The fraction of sp³-hybridized carbons (Fsp3) is 0.429. The third-order valence-corrected chi connectivity index (χ3v) is 4.06. The van der Waals surface area contributed by atoms with Crippen molar-refractivity contribution in [2.75, 3.05) is 20.1 Å². The Hall–Kier alpha value is -1.95. The number of nitrogens with zero attached hydrogens (tertiary/aromatic N) is 3. The maximum absolute atomic E-state index is 14.0. The summed E-state index contributed by atoms with van der Waals surface area (Å²) in [5, 5.41) is 11.3. The predicted molar refractivity (Wildman–Crippen MR) is 74.3 cm³/mol. The molecule has 1 aliphatic rings. The minimum atomic E-state index is -0.441. The number of nitro groups is 1. The molecule has 3 rings (SSSR count). The van der Waals surface area contributed by atoms with Crippen LogP contribution in [0, 0.1) is 15.9 Å². The summed E-state index contributed by atoms with van der Waals surface area (Å²) in [4.78, 5) is 12.7. The van der Waals surface area contributed by atoms with Crippen molar-refractivity contribution in [3.05, 3.63) is 40.3 Å². The van der Waals surface area contributed by atoms with E-state index in [4.69, 9.17) is 0 Å². The van der Waals surface area contributed by atoms with E-state index in [1.807, 2.05) is 4.57 Å². The first-order chi connectivity index (χ1) is 9.56. The number of hydrogen-bond acceptors (Lipinski definition) is 3. The highest BCUT2D eigenvalue weighted by molar-refractivity contribution is 5.83. The Kier molecular flexibility index (Phi) is 3.17. The lowest BCUT2D eigenvalue weighted by molar-refractivity contribution is -0.384. The first kappa shape index (κ1) is 13.1. The second kappa shape index (κ2) is 4.86. The SMILES string of the molecule is CN1CCC(n2cc(F)c3ccc([N+](=O)[O-])cc32)CC1. The van der Waals surface area contributed by atoms with Gasteiger partial charge >= 0.3 is 0 Å². The molecule has 0 unspecified atom stereocenters. The van der Waals surface area contributed by atoms with E-state index in [0.29, 0.717) is 10.9 Å². The molecule has 6 heteroatoms. The van der Waals surface area contributed by atoms with Crippen LogP contribution in [-0.2, 0) is 0 Å². The lowest BCUT2D eigenvalue weighted by Crippen LogP contribution is -2.31. The molecule has 0 saturated carbocycles. The van der Waals surface area contributed by atoms with Gasteiger partial charge in [-0.3, -0.25) is 10.1 Å². The van der Waals surface area contributed by atoms with E-state index in [9.17, 15) is 14.5 Å². The summed E-state index contributed by atoms with van der Waals surface area (Å²) in [5.41, 5.74) is 0.621. The number of hydrogen-bond donors (Lipinski definition) is 0. The van der Waals surface area contributed by atoms with E-state index >= 15 is 0 Å². The van der Waals surface area contributed by atoms with Gasteiger partial charge in [0, 0.05) is 29.8 Å². The monoisotopic (exact) mass is 277 g/mol. The van der Waals surface area contributed by atoms with E-state index < -0.39 is 4.92 Å². The average Bonchev–Trinajstić information content (AvgIpc) is 2.76. The number of aromatic nitrogens is 1. The highest BCUT2D eigenvalue weighted by atomic mass is 19.1. The molecule has 0 bridgehead atoms. The van der Waals surface area contributed by atoms with Crippen LogP contribution in [0.4, 0.5) is 10.1 Å². The molecule has 1 saturated heterocycles. The smallest absolute Gasteiger partial charge is 0.271 e. The molecule has 1 aromatic carbocycles. The van der Waals surface area contributed by atoms with Crippen LogP contribution >= 0.6 is 0 Å². The molecular weight excluding hydrogens is 261 g/mol. The molecule has 1 aromatic heterocycles. The minimum Gasteiger partial charge on any atom is -0.341 e. The second-order valence-corrected chi connectivity index (χ2v) is 5.38. The number of fused-ring (bicyclic) bond motifs is 1. The molecule has 20 heavy (non-hydrogen) atoms. The third-order valence-electron chi connectivity index (χ3n) is 4.06. The summed E-state index contributed by atoms with van der Waals surface area (Å²) in [6.45, 7) is 1.92. The van der Waals surface area contributed by atoms with Crippen molar-refractivity contribution in [2.24, 2.45) is 0 Å². The van der Waals surface area contributed by atoms with E-state index in [1.165, 1.54) is 24.4 Å². The van der Waals surface area contributed by atoms with Gasteiger partial charge < -0.3 is 9.47 Å². The molecule has 2 aromatic rings. The quantitative estimate of drug-likeness (QED) is 0.626. The summed E-state index contributed by atoms with van der Waals surface area (Å²) in [6.07, 6.45) is 3.34. The third kappa shape index (κ3) is 2.16. The van der Waals surface area contributed by atoms with Crippen molar-refractivity contribution in [1.29, 1.82) is 0 Å². The molecule has 106 valence electrons. The summed E-state index contributed by atoms with van der Waals surface area (Å²) in [6, 6.07) is 4.52. The highest BCUT2D eigenvalue weighted by Gasteiger charge is 2.22. The standard InChI is InChI=1S/C14H16FN3O2/c1-16-6-4-10(5-7-16)17-9-13(15)12-3-2-11(18(19)20)8-14(12)17/h2-3,8-10H,4-7H2,1H3. The summed E-state index contributed by atoms with van der Waals surface area (Å²) in [5.74, 6) is -0.311. The van der Waals surface area contributed by atoms with Crippen molar-refractivity contribution < 1.29 is 9.31 Å². The maximum atomic E-state index is 14.0. The van der Waals surface area contributed by atoms with Gasteiger partial charge in [-0.05, 0) is 39.0 Å². The van der Waals surface area contributed by atoms with Gasteiger partial charge in [-0.15, -0.1) is 0 Å².